The third-order valence-corrected chi connectivity index (χ3v) is 3.97. The number of benzene rings is 1. The Morgan fingerprint density at radius 1 is 0.857 bits per heavy atom. The molecule has 0 aliphatic rings. The molecule has 0 aliphatic heterocycles. The van der Waals surface area contributed by atoms with Crippen molar-refractivity contribution < 1.29 is 0 Å². The van der Waals surface area contributed by atoms with Gasteiger partial charge in [0.1, 0.15) is 0 Å². The van der Waals surface area contributed by atoms with Crippen LogP contribution in [0.1, 0.15) is 70.8 Å². The molecule has 0 amide bonds. The van der Waals surface area contributed by atoms with E-state index in [1.54, 1.807) is 0 Å². The van der Waals surface area contributed by atoms with Gasteiger partial charge in [0.05, 0.1) is 0 Å². The molecule has 0 aromatic heterocycles. The van der Waals surface area contributed by atoms with E-state index in [1.807, 2.05) is 6.07 Å². The van der Waals surface area contributed by atoms with E-state index < -0.39 is 0 Å². The predicted molar refractivity (Wildman–Crippen MR) is 94.4 cm³/mol. The molecule has 21 heavy (non-hydrogen) atoms. The first-order chi connectivity index (χ1) is 10.3. The van der Waals surface area contributed by atoms with Gasteiger partial charge in [-0.2, -0.15) is 0 Å². The quantitative estimate of drug-likeness (QED) is 0.422. The fraction of sp³-hybridized carbons (Fsp3) is 0.684. The molecule has 1 rings (SSSR count). The van der Waals surface area contributed by atoms with Crippen LogP contribution in [0.15, 0.2) is 24.3 Å². The Balaban J connectivity index is 2.23. The number of anilines is 1. The zero-order valence-corrected chi connectivity index (χ0v) is 14.1. The number of rotatable bonds is 12. The van der Waals surface area contributed by atoms with Gasteiger partial charge in [-0.15, -0.1) is 0 Å². The number of hydrogen-bond donors (Lipinski definition) is 1. The fourth-order valence-corrected chi connectivity index (χ4v) is 2.83. The SMILES string of the molecule is CCCCCCCCCN(CCC)Cc1cccc(N)c1. The normalized spacial score (nSPS) is 11.2. The first-order valence-corrected chi connectivity index (χ1v) is 8.83. The van der Waals surface area contributed by atoms with Crippen molar-refractivity contribution in [1.29, 1.82) is 0 Å². The summed E-state index contributed by atoms with van der Waals surface area (Å²) in [7, 11) is 0. The van der Waals surface area contributed by atoms with Crippen LogP contribution in [0.5, 0.6) is 0 Å². The molecule has 0 unspecified atom stereocenters. The van der Waals surface area contributed by atoms with Crippen LogP contribution >= 0.6 is 0 Å². The molecule has 0 bridgehead atoms. The molecule has 1 aromatic carbocycles. The molecular weight excluding hydrogens is 256 g/mol. The van der Waals surface area contributed by atoms with E-state index in [1.165, 1.54) is 70.0 Å². The highest BCUT2D eigenvalue weighted by atomic mass is 15.1. The van der Waals surface area contributed by atoms with Crippen LogP contribution < -0.4 is 5.73 Å². The zero-order chi connectivity index (χ0) is 15.3. The minimum Gasteiger partial charge on any atom is -0.399 e. The molecule has 0 fully saturated rings. The second-order valence-corrected chi connectivity index (χ2v) is 6.14. The van der Waals surface area contributed by atoms with Crippen LogP contribution in [-0.4, -0.2) is 18.0 Å². The van der Waals surface area contributed by atoms with Gasteiger partial charge in [-0.1, -0.05) is 64.5 Å². The zero-order valence-electron chi connectivity index (χ0n) is 14.1. The number of nitrogens with zero attached hydrogens (tertiary/aromatic N) is 1. The molecule has 0 atom stereocenters. The standard InChI is InChI=1S/C19H34N2/c1-3-5-6-7-8-9-10-15-21(14-4-2)17-18-12-11-13-19(20)16-18/h11-13,16H,3-10,14-15,17,20H2,1-2H3. The van der Waals surface area contributed by atoms with Crippen molar-refractivity contribution in [3.8, 4) is 0 Å². The van der Waals surface area contributed by atoms with Gasteiger partial charge in [-0.25, -0.2) is 0 Å². The van der Waals surface area contributed by atoms with E-state index in [2.05, 4.69) is 36.9 Å². The maximum Gasteiger partial charge on any atom is 0.0317 e. The summed E-state index contributed by atoms with van der Waals surface area (Å²) >= 11 is 0. The van der Waals surface area contributed by atoms with E-state index in [0.29, 0.717) is 0 Å². The Hall–Kier alpha value is -1.02. The van der Waals surface area contributed by atoms with Crippen LogP contribution in [0.25, 0.3) is 0 Å². The minimum absolute atomic E-state index is 0.875. The second kappa shape index (κ2) is 11.6. The summed E-state index contributed by atoms with van der Waals surface area (Å²) in [6.07, 6.45) is 10.9. The fourth-order valence-electron chi connectivity index (χ4n) is 2.83. The lowest BCUT2D eigenvalue weighted by molar-refractivity contribution is 0.259. The Labute approximate surface area is 131 Å². The molecule has 120 valence electrons. The molecule has 1 aromatic rings. The van der Waals surface area contributed by atoms with Gasteiger partial charge in [0.2, 0.25) is 0 Å². The molecule has 0 aliphatic carbocycles. The summed E-state index contributed by atoms with van der Waals surface area (Å²) in [5.74, 6) is 0. The average Bonchev–Trinajstić information content (AvgIpc) is 2.46. The number of nitrogens with two attached hydrogens (primary N) is 1. The van der Waals surface area contributed by atoms with Gasteiger partial charge >= 0.3 is 0 Å². The van der Waals surface area contributed by atoms with Crippen LogP contribution in [0.3, 0.4) is 0 Å². The van der Waals surface area contributed by atoms with Crippen molar-refractivity contribution in [2.75, 3.05) is 18.8 Å². The minimum atomic E-state index is 0.875. The summed E-state index contributed by atoms with van der Waals surface area (Å²) in [4.78, 5) is 2.57. The maximum atomic E-state index is 5.87. The predicted octanol–water partition coefficient (Wildman–Crippen LogP) is 5.23. The Morgan fingerprint density at radius 3 is 2.24 bits per heavy atom. The van der Waals surface area contributed by atoms with E-state index >= 15 is 0 Å². The van der Waals surface area contributed by atoms with E-state index in [4.69, 9.17) is 5.73 Å². The van der Waals surface area contributed by atoms with Gasteiger partial charge < -0.3 is 5.73 Å². The molecule has 0 heterocycles. The van der Waals surface area contributed by atoms with Crippen LogP contribution in [0.4, 0.5) is 5.69 Å². The van der Waals surface area contributed by atoms with Crippen molar-refractivity contribution in [2.45, 2.75) is 71.8 Å². The largest absolute Gasteiger partial charge is 0.399 e. The van der Waals surface area contributed by atoms with Crippen molar-refractivity contribution in [3.05, 3.63) is 29.8 Å². The molecule has 0 saturated carbocycles. The topological polar surface area (TPSA) is 29.3 Å². The monoisotopic (exact) mass is 290 g/mol. The van der Waals surface area contributed by atoms with Crippen molar-refractivity contribution in [1.82, 2.24) is 4.90 Å². The summed E-state index contributed by atoms with van der Waals surface area (Å²) in [6.45, 7) is 7.98. The van der Waals surface area contributed by atoms with Gasteiger partial charge in [0.15, 0.2) is 0 Å². The molecule has 2 nitrogen and oxygen atoms in total. The molecule has 0 radical (unpaired) electrons. The molecule has 0 spiro atoms. The van der Waals surface area contributed by atoms with Gasteiger partial charge in [0, 0.05) is 12.2 Å². The molecule has 2 N–H and O–H groups in total. The van der Waals surface area contributed by atoms with Crippen LogP contribution in [0, 0.1) is 0 Å². The highest BCUT2D eigenvalue weighted by Gasteiger charge is 2.05. The van der Waals surface area contributed by atoms with Crippen molar-refractivity contribution >= 4 is 5.69 Å². The highest BCUT2D eigenvalue weighted by Crippen LogP contribution is 2.12. The molecular formula is C19H34N2. The van der Waals surface area contributed by atoms with Gasteiger partial charge in [-0.3, -0.25) is 4.90 Å². The lowest BCUT2D eigenvalue weighted by Crippen LogP contribution is -2.25. The Bertz CT molecular complexity index is 362. The van der Waals surface area contributed by atoms with Crippen molar-refractivity contribution in [2.24, 2.45) is 0 Å². The summed E-state index contributed by atoms with van der Waals surface area (Å²) < 4.78 is 0. The lowest BCUT2D eigenvalue weighted by atomic mass is 10.1. The second-order valence-electron chi connectivity index (χ2n) is 6.14. The Kier molecular flexibility index (Phi) is 9.98. The third-order valence-electron chi connectivity index (χ3n) is 3.97. The number of nitrogen functional groups attached to an aromatic ring is 1. The van der Waals surface area contributed by atoms with Gasteiger partial charge in [-0.05, 0) is 43.6 Å². The summed E-state index contributed by atoms with van der Waals surface area (Å²) in [5, 5.41) is 0. The average molecular weight is 290 g/mol. The summed E-state index contributed by atoms with van der Waals surface area (Å²) in [5.41, 5.74) is 8.08. The van der Waals surface area contributed by atoms with E-state index in [9.17, 15) is 0 Å². The van der Waals surface area contributed by atoms with Crippen LogP contribution in [0.2, 0.25) is 0 Å². The highest BCUT2D eigenvalue weighted by molar-refractivity contribution is 5.40. The third kappa shape index (κ3) is 8.77. The number of hydrogen-bond acceptors (Lipinski definition) is 2. The summed E-state index contributed by atoms with van der Waals surface area (Å²) in [6, 6.07) is 8.31. The molecule has 0 saturated heterocycles. The maximum absolute atomic E-state index is 5.87. The van der Waals surface area contributed by atoms with E-state index in [0.717, 1.165) is 12.2 Å². The first kappa shape index (κ1) is 18.0. The number of unbranched alkanes of at least 4 members (excludes halogenated alkanes) is 6. The Morgan fingerprint density at radius 2 is 1.57 bits per heavy atom. The first-order valence-electron chi connectivity index (χ1n) is 8.83. The van der Waals surface area contributed by atoms with Crippen molar-refractivity contribution in [3.63, 3.8) is 0 Å². The van der Waals surface area contributed by atoms with Crippen LogP contribution in [-0.2, 0) is 6.54 Å². The smallest absolute Gasteiger partial charge is 0.0317 e. The van der Waals surface area contributed by atoms with Gasteiger partial charge in [0.25, 0.3) is 0 Å². The van der Waals surface area contributed by atoms with E-state index in [-0.39, 0.29) is 0 Å². The lowest BCUT2D eigenvalue weighted by Gasteiger charge is -2.22. The molecule has 2 heteroatoms.